The SMILES string of the molecule is c1ccc(-c2nc(-c3ccccc3)nc(-n3c4ccc5ccccc5c4c4c5oc6ccc(N(c7ccccc7)c7ccccc7)cc6c5ccc43)n2)cc1. The molecule has 0 aliphatic heterocycles. The summed E-state index contributed by atoms with van der Waals surface area (Å²) in [5.74, 6) is 1.76. The summed E-state index contributed by atoms with van der Waals surface area (Å²) in [5, 5.41) is 6.49. The van der Waals surface area contributed by atoms with Crippen LogP contribution >= 0.6 is 0 Å². The number of nitrogens with zero attached hydrogens (tertiary/aromatic N) is 5. The maximum atomic E-state index is 6.92. The van der Waals surface area contributed by atoms with Gasteiger partial charge in [-0.3, -0.25) is 4.57 Å². The van der Waals surface area contributed by atoms with Gasteiger partial charge in [0.25, 0.3) is 0 Å². The second-order valence-corrected chi connectivity index (χ2v) is 13.7. The molecule has 0 radical (unpaired) electrons. The van der Waals surface area contributed by atoms with Crippen molar-refractivity contribution in [3.05, 3.63) is 188 Å². The predicted octanol–water partition coefficient (Wildman–Crippen LogP) is 12.8. The number of aromatic nitrogens is 4. The molecule has 55 heavy (non-hydrogen) atoms. The predicted molar refractivity (Wildman–Crippen MR) is 225 cm³/mol. The maximum Gasteiger partial charge on any atom is 0.238 e. The van der Waals surface area contributed by atoms with Gasteiger partial charge in [0.15, 0.2) is 11.6 Å². The van der Waals surface area contributed by atoms with E-state index in [1.807, 2.05) is 72.8 Å². The summed E-state index contributed by atoms with van der Waals surface area (Å²) in [6, 6.07) is 64.9. The van der Waals surface area contributed by atoms with E-state index >= 15 is 0 Å². The molecule has 258 valence electrons. The number of hydrogen-bond donors (Lipinski definition) is 0. The molecule has 0 saturated heterocycles. The average Bonchev–Trinajstić information content (AvgIpc) is 3.81. The van der Waals surface area contributed by atoms with E-state index in [1.165, 1.54) is 0 Å². The van der Waals surface area contributed by atoms with Crippen molar-refractivity contribution in [1.82, 2.24) is 19.5 Å². The molecule has 8 aromatic carbocycles. The van der Waals surface area contributed by atoms with Crippen LogP contribution in [0.15, 0.2) is 192 Å². The third-order valence-corrected chi connectivity index (χ3v) is 10.4. The standard InChI is InChI=1S/C49H31N5O/c1-5-16-33(17-6-1)47-50-48(34-18-7-2-8-19-34)52-49(51-47)54-41-28-25-32-15-13-14-24-38(32)44(41)45-42(54)29-27-39-40-31-37(26-30-43(40)55-46(39)45)53(35-20-9-3-10-21-35)36-22-11-4-12-23-36/h1-31H. The molecule has 11 rings (SSSR count). The Kier molecular flexibility index (Phi) is 7.07. The van der Waals surface area contributed by atoms with Gasteiger partial charge in [-0.25, -0.2) is 4.98 Å². The first kappa shape index (κ1) is 31.0. The smallest absolute Gasteiger partial charge is 0.238 e. The first-order chi connectivity index (χ1) is 27.3. The third-order valence-electron chi connectivity index (χ3n) is 10.4. The van der Waals surface area contributed by atoms with Gasteiger partial charge in [0.1, 0.15) is 11.2 Å². The molecule has 0 saturated carbocycles. The minimum Gasteiger partial charge on any atom is -0.455 e. The molecule has 6 heteroatoms. The fourth-order valence-corrected chi connectivity index (χ4v) is 7.94. The van der Waals surface area contributed by atoms with Crippen molar-refractivity contribution < 1.29 is 4.42 Å². The minimum atomic E-state index is 0.544. The van der Waals surface area contributed by atoms with Crippen molar-refractivity contribution >= 4 is 71.6 Å². The molecule has 0 atom stereocenters. The summed E-state index contributed by atoms with van der Waals surface area (Å²) >= 11 is 0. The molecule has 0 fully saturated rings. The molecule has 0 N–H and O–H groups in total. The normalized spacial score (nSPS) is 11.6. The van der Waals surface area contributed by atoms with E-state index in [4.69, 9.17) is 19.4 Å². The van der Waals surface area contributed by atoms with Crippen LogP contribution in [0.1, 0.15) is 0 Å². The summed E-state index contributed by atoms with van der Waals surface area (Å²) < 4.78 is 9.09. The lowest BCUT2D eigenvalue weighted by Gasteiger charge is -2.25. The highest BCUT2D eigenvalue weighted by Gasteiger charge is 2.24. The Labute approximate surface area is 316 Å². The fraction of sp³-hybridized carbons (Fsp3) is 0. The number of anilines is 3. The molecule has 0 bridgehead atoms. The summed E-state index contributed by atoms with van der Waals surface area (Å²) in [6.07, 6.45) is 0. The second-order valence-electron chi connectivity index (χ2n) is 13.7. The van der Waals surface area contributed by atoms with Crippen molar-refractivity contribution in [1.29, 1.82) is 0 Å². The molecule has 0 aliphatic carbocycles. The van der Waals surface area contributed by atoms with Gasteiger partial charge in [-0.2, -0.15) is 9.97 Å². The van der Waals surface area contributed by atoms with E-state index in [9.17, 15) is 0 Å². The molecule has 11 aromatic rings. The number of para-hydroxylation sites is 2. The Hall–Kier alpha value is -7.57. The van der Waals surface area contributed by atoms with E-state index in [-0.39, 0.29) is 0 Å². The zero-order chi connectivity index (χ0) is 36.3. The number of fused-ring (bicyclic) bond motifs is 9. The van der Waals surface area contributed by atoms with Crippen LogP contribution < -0.4 is 4.90 Å². The summed E-state index contributed by atoms with van der Waals surface area (Å²) in [4.78, 5) is 17.6. The van der Waals surface area contributed by atoms with Crippen LogP contribution in [-0.2, 0) is 0 Å². The molecule has 0 amide bonds. The highest BCUT2D eigenvalue weighted by molar-refractivity contribution is 6.29. The lowest BCUT2D eigenvalue weighted by atomic mass is 10.0. The Balaban J connectivity index is 1.20. The monoisotopic (exact) mass is 705 g/mol. The van der Waals surface area contributed by atoms with Gasteiger partial charge in [0.05, 0.1) is 16.4 Å². The number of rotatable bonds is 6. The van der Waals surface area contributed by atoms with Gasteiger partial charge in [-0.15, -0.1) is 0 Å². The van der Waals surface area contributed by atoms with Crippen LogP contribution in [0.4, 0.5) is 17.1 Å². The van der Waals surface area contributed by atoms with Crippen LogP contribution in [0.25, 0.3) is 83.2 Å². The molecule has 3 heterocycles. The van der Waals surface area contributed by atoms with E-state index in [2.05, 4.69) is 125 Å². The average molecular weight is 706 g/mol. The summed E-state index contributed by atoms with van der Waals surface area (Å²) in [6.45, 7) is 0. The second kappa shape index (κ2) is 12.5. The Morgan fingerprint density at radius 3 is 1.64 bits per heavy atom. The first-order valence-corrected chi connectivity index (χ1v) is 18.4. The van der Waals surface area contributed by atoms with E-state index in [0.29, 0.717) is 17.6 Å². The molecule has 3 aromatic heterocycles. The van der Waals surface area contributed by atoms with Gasteiger partial charge < -0.3 is 9.32 Å². The fourth-order valence-electron chi connectivity index (χ4n) is 7.94. The van der Waals surface area contributed by atoms with Gasteiger partial charge in [-0.05, 0) is 71.4 Å². The molecular formula is C49H31N5O. The molecule has 0 aliphatic rings. The summed E-state index contributed by atoms with van der Waals surface area (Å²) in [7, 11) is 0. The maximum absolute atomic E-state index is 6.92. The number of benzene rings is 8. The largest absolute Gasteiger partial charge is 0.455 e. The third kappa shape index (κ3) is 5.07. The van der Waals surface area contributed by atoms with Crippen LogP contribution in [0.3, 0.4) is 0 Å². The van der Waals surface area contributed by atoms with Crippen molar-refractivity contribution in [2.45, 2.75) is 0 Å². The first-order valence-electron chi connectivity index (χ1n) is 18.4. The Morgan fingerprint density at radius 2 is 0.982 bits per heavy atom. The topological polar surface area (TPSA) is 60.0 Å². The van der Waals surface area contributed by atoms with E-state index < -0.39 is 0 Å². The lowest BCUT2D eigenvalue weighted by molar-refractivity contribution is 0.673. The Morgan fingerprint density at radius 1 is 0.418 bits per heavy atom. The zero-order valence-corrected chi connectivity index (χ0v) is 29.5. The quantitative estimate of drug-likeness (QED) is 0.172. The molecular weight excluding hydrogens is 675 g/mol. The van der Waals surface area contributed by atoms with Crippen LogP contribution in [-0.4, -0.2) is 19.5 Å². The minimum absolute atomic E-state index is 0.544. The Bertz CT molecular complexity index is 3100. The lowest BCUT2D eigenvalue weighted by Crippen LogP contribution is -2.09. The van der Waals surface area contributed by atoms with Crippen LogP contribution in [0.2, 0.25) is 0 Å². The highest BCUT2D eigenvalue weighted by Crippen LogP contribution is 2.44. The van der Waals surface area contributed by atoms with Crippen LogP contribution in [0.5, 0.6) is 0 Å². The van der Waals surface area contributed by atoms with Gasteiger partial charge in [-0.1, -0.05) is 127 Å². The van der Waals surface area contributed by atoms with Gasteiger partial charge in [0, 0.05) is 44.3 Å². The van der Waals surface area contributed by atoms with Gasteiger partial charge >= 0.3 is 0 Å². The molecule has 0 spiro atoms. The molecule has 0 unspecified atom stereocenters. The zero-order valence-electron chi connectivity index (χ0n) is 29.5. The van der Waals surface area contributed by atoms with E-state index in [0.717, 1.165) is 82.7 Å². The number of hydrogen-bond acceptors (Lipinski definition) is 5. The number of furan rings is 1. The van der Waals surface area contributed by atoms with Crippen molar-refractivity contribution in [2.24, 2.45) is 0 Å². The van der Waals surface area contributed by atoms with Crippen LogP contribution in [0, 0.1) is 0 Å². The summed E-state index contributed by atoms with van der Waals surface area (Å²) in [5.41, 5.74) is 8.66. The molecule has 6 nitrogen and oxygen atoms in total. The van der Waals surface area contributed by atoms with E-state index in [1.54, 1.807) is 0 Å². The van der Waals surface area contributed by atoms with Crippen molar-refractivity contribution in [2.75, 3.05) is 4.90 Å². The highest BCUT2D eigenvalue weighted by atomic mass is 16.3. The van der Waals surface area contributed by atoms with Crippen molar-refractivity contribution in [3.8, 4) is 28.7 Å². The van der Waals surface area contributed by atoms with Crippen molar-refractivity contribution in [3.63, 3.8) is 0 Å². The van der Waals surface area contributed by atoms with Gasteiger partial charge in [0.2, 0.25) is 5.95 Å².